The third-order valence-electron chi connectivity index (χ3n) is 6.26. The van der Waals surface area contributed by atoms with Gasteiger partial charge in [-0.3, -0.25) is 9.59 Å². The van der Waals surface area contributed by atoms with E-state index in [9.17, 15) is 9.59 Å². The van der Waals surface area contributed by atoms with Crippen molar-refractivity contribution in [3.05, 3.63) is 76.8 Å². The predicted octanol–water partition coefficient (Wildman–Crippen LogP) is 6.57. The fraction of sp³-hybridized carbons (Fsp3) is 0.222. The van der Waals surface area contributed by atoms with Crippen LogP contribution >= 0.6 is 11.6 Å². The van der Waals surface area contributed by atoms with Crippen molar-refractivity contribution in [2.45, 2.75) is 32.6 Å². The van der Waals surface area contributed by atoms with Gasteiger partial charge in [-0.2, -0.15) is 0 Å². The van der Waals surface area contributed by atoms with Gasteiger partial charge in [0.1, 0.15) is 5.82 Å². The van der Waals surface area contributed by atoms with Crippen molar-refractivity contribution in [3.8, 4) is 11.4 Å². The number of halogens is 1. The Hall–Kier alpha value is -3.64. The van der Waals surface area contributed by atoms with Gasteiger partial charge in [-0.25, -0.2) is 4.98 Å². The first-order chi connectivity index (χ1) is 16.5. The number of aromatic amines is 1. The first-order valence-corrected chi connectivity index (χ1v) is 11.8. The molecule has 3 N–H and O–H groups in total. The molecule has 0 spiro atoms. The average molecular weight is 473 g/mol. The second-order valence-electron chi connectivity index (χ2n) is 8.80. The molecule has 1 aliphatic carbocycles. The van der Waals surface area contributed by atoms with E-state index in [2.05, 4.69) is 20.6 Å². The van der Waals surface area contributed by atoms with Gasteiger partial charge < -0.3 is 15.6 Å². The molecule has 2 amide bonds. The Morgan fingerprint density at radius 3 is 2.41 bits per heavy atom. The molecule has 1 saturated carbocycles. The molecular weight excluding hydrogens is 448 g/mol. The number of carbonyl (C=O) groups excluding carboxylic acids is 2. The van der Waals surface area contributed by atoms with Crippen molar-refractivity contribution in [2.24, 2.45) is 5.92 Å². The van der Waals surface area contributed by atoms with Crippen LogP contribution in [0.25, 0.3) is 22.4 Å². The molecule has 1 heterocycles. The van der Waals surface area contributed by atoms with Crippen LogP contribution < -0.4 is 10.6 Å². The zero-order chi connectivity index (χ0) is 23.7. The summed E-state index contributed by atoms with van der Waals surface area (Å²) in [5.74, 6) is 0.678. The maximum absolute atomic E-state index is 12.6. The summed E-state index contributed by atoms with van der Waals surface area (Å²) in [4.78, 5) is 33.0. The van der Waals surface area contributed by atoms with E-state index in [0.717, 1.165) is 53.5 Å². The monoisotopic (exact) mass is 472 g/mol. The lowest BCUT2D eigenvalue weighted by molar-refractivity contribution is -0.119. The molecular formula is C27H25ClN4O2. The minimum atomic E-state index is -0.256. The zero-order valence-electron chi connectivity index (χ0n) is 18.8. The first kappa shape index (κ1) is 22.2. The highest BCUT2D eigenvalue weighted by atomic mass is 35.5. The van der Waals surface area contributed by atoms with E-state index in [0.29, 0.717) is 22.1 Å². The standard InChI is InChI=1S/C27H25ClN4O2/c1-16-6-12-21(22(28)14-16)27(34)29-19-9-7-17(8-10-19)25-31-23-13-11-20(15-24(23)32-25)30-26(33)18-4-2-3-5-18/h6-15,18H,2-5H2,1H3,(H,29,34)(H,30,33)(H,31,32). The van der Waals surface area contributed by atoms with Crippen LogP contribution in [0.2, 0.25) is 5.02 Å². The lowest BCUT2D eigenvalue weighted by atomic mass is 10.1. The number of rotatable bonds is 5. The summed E-state index contributed by atoms with van der Waals surface area (Å²) in [6.45, 7) is 1.93. The molecule has 4 aromatic rings. The molecule has 1 fully saturated rings. The molecule has 6 nitrogen and oxygen atoms in total. The number of nitrogens with zero attached hydrogens (tertiary/aromatic N) is 1. The maximum Gasteiger partial charge on any atom is 0.257 e. The summed E-state index contributed by atoms with van der Waals surface area (Å²) >= 11 is 6.21. The van der Waals surface area contributed by atoms with Gasteiger partial charge in [0, 0.05) is 22.9 Å². The van der Waals surface area contributed by atoms with Gasteiger partial charge in [-0.05, 0) is 79.9 Å². The van der Waals surface area contributed by atoms with Gasteiger partial charge in [-0.15, -0.1) is 0 Å². The number of benzene rings is 3. The van der Waals surface area contributed by atoms with E-state index in [1.165, 1.54) is 0 Å². The van der Waals surface area contributed by atoms with Crippen LogP contribution in [0.15, 0.2) is 60.7 Å². The number of anilines is 2. The van der Waals surface area contributed by atoms with E-state index >= 15 is 0 Å². The molecule has 1 aromatic heterocycles. The molecule has 0 atom stereocenters. The summed E-state index contributed by atoms with van der Waals surface area (Å²) < 4.78 is 0. The second-order valence-corrected chi connectivity index (χ2v) is 9.21. The minimum Gasteiger partial charge on any atom is -0.338 e. The van der Waals surface area contributed by atoms with Gasteiger partial charge in [0.15, 0.2) is 0 Å². The Kier molecular flexibility index (Phi) is 6.07. The number of hydrogen-bond donors (Lipinski definition) is 3. The third kappa shape index (κ3) is 4.68. The van der Waals surface area contributed by atoms with E-state index in [1.54, 1.807) is 12.1 Å². The number of carbonyl (C=O) groups is 2. The molecule has 3 aromatic carbocycles. The quantitative estimate of drug-likeness (QED) is 0.307. The Morgan fingerprint density at radius 1 is 0.941 bits per heavy atom. The van der Waals surface area contributed by atoms with Crippen LogP contribution in [0.4, 0.5) is 11.4 Å². The van der Waals surface area contributed by atoms with Crippen molar-refractivity contribution in [1.29, 1.82) is 0 Å². The van der Waals surface area contributed by atoms with Gasteiger partial charge in [0.05, 0.1) is 21.6 Å². The second kappa shape index (κ2) is 9.31. The molecule has 0 bridgehead atoms. The Labute approximate surface area is 202 Å². The van der Waals surface area contributed by atoms with Gasteiger partial charge in [-0.1, -0.05) is 30.5 Å². The largest absolute Gasteiger partial charge is 0.338 e. The molecule has 172 valence electrons. The van der Waals surface area contributed by atoms with E-state index < -0.39 is 0 Å². The fourth-order valence-electron chi connectivity index (χ4n) is 4.37. The predicted molar refractivity (Wildman–Crippen MR) is 136 cm³/mol. The molecule has 7 heteroatoms. The Morgan fingerprint density at radius 2 is 1.68 bits per heavy atom. The van der Waals surface area contributed by atoms with Crippen LogP contribution in [0.5, 0.6) is 0 Å². The Bertz CT molecular complexity index is 1370. The fourth-order valence-corrected chi connectivity index (χ4v) is 4.69. The number of fused-ring (bicyclic) bond motifs is 1. The van der Waals surface area contributed by atoms with Crippen LogP contribution in [-0.2, 0) is 4.79 Å². The summed E-state index contributed by atoms with van der Waals surface area (Å²) in [5, 5.41) is 6.34. The number of H-pyrrole nitrogens is 1. The highest BCUT2D eigenvalue weighted by Gasteiger charge is 2.22. The SMILES string of the molecule is Cc1ccc(C(=O)Nc2ccc(-c3nc4ccc(NC(=O)C5CCCC5)cc4[nH]3)cc2)c(Cl)c1. The number of aryl methyl sites for hydroxylation is 1. The highest BCUT2D eigenvalue weighted by Crippen LogP contribution is 2.28. The molecule has 0 radical (unpaired) electrons. The minimum absolute atomic E-state index is 0.0983. The molecule has 5 rings (SSSR count). The lowest BCUT2D eigenvalue weighted by Crippen LogP contribution is -2.20. The van der Waals surface area contributed by atoms with Crippen LogP contribution in [0.1, 0.15) is 41.6 Å². The highest BCUT2D eigenvalue weighted by molar-refractivity contribution is 6.34. The summed E-state index contributed by atoms with van der Waals surface area (Å²) in [7, 11) is 0. The molecule has 34 heavy (non-hydrogen) atoms. The summed E-state index contributed by atoms with van der Waals surface area (Å²) in [6, 6.07) is 18.5. The van der Waals surface area contributed by atoms with Crippen molar-refractivity contribution < 1.29 is 9.59 Å². The first-order valence-electron chi connectivity index (χ1n) is 11.4. The zero-order valence-corrected chi connectivity index (χ0v) is 19.6. The van der Waals surface area contributed by atoms with E-state index in [-0.39, 0.29) is 17.7 Å². The van der Waals surface area contributed by atoms with Gasteiger partial charge in [0.25, 0.3) is 5.91 Å². The van der Waals surface area contributed by atoms with Crippen molar-refractivity contribution >= 4 is 45.8 Å². The number of amides is 2. The molecule has 1 aliphatic rings. The van der Waals surface area contributed by atoms with Crippen LogP contribution in [-0.4, -0.2) is 21.8 Å². The lowest BCUT2D eigenvalue weighted by Gasteiger charge is -2.10. The summed E-state index contributed by atoms with van der Waals surface area (Å²) in [5.41, 5.74) is 5.43. The normalized spacial score (nSPS) is 13.8. The van der Waals surface area contributed by atoms with E-state index in [1.807, 2.05) is 55.5 Å². The van der Waals surface area contributed by atoms with Crippen molar-refractivity contribution in [3.63, 3.8) is 0 Å². The number of nitrogens with one attached hydrogen (secondary N) is 3. The summed E-state index contributed by atoms with van der Waals surface area (Å²) in [6.07, 6.45) is 4.19. The number of aromatic nitrogens is 2. The Balaban J connectivity index is 1.29. The smallest absolute Gasteiger partial charge is 0.257 e. The van der Waals surface area contributed by atoms with Gasteiger partial charge in [0.2, 0.25) is 5.91 Å². The molecule has 0 unspecified atom stereocenters. The van der Waals surface area contributed by atoms with Crippen molar-refractivity contribution in [2.75, 3.05) is 10.6 Å². The number of imidazole rings is 1. The molecule has 0 saturated heterocycles. The number of hydrogen-bond acceptors (Lipinski definition) is 3. The van der Waals surface area contributed by atoms with Crippen LogP contribution in [0, 0.1) is 12.8 Å². The van der Waals surface area contributed by atoms with Gasteiger partial charge >= 0.3 is 0 Å². The average Bonchev–Trinajstić information content (AvgIpc) is 3.49. The maximum atomic E-state index is 12.6. The third-order valence-corrected chi connectivity index (χ3v) is 6.57. The van der Waals surface area contributed by atoms with E-state index in [4.69, 9.17) is 11.6 Å². The topological polar surface area (TPSA) is 86.9 Å². The van der Waals surface area contributed by atoms with Crippen molar-refractivity contribution in [1.82, 2.24) is 9.97 Å². The van der Waals surface area contributed by atoms with Crippen LogP contribution in [0.3, 0.4) is 0 Å². The molecule has 0 aliphatic heterocycles.